The molecule has 19 nitrogen and oxygen atoms in total. The van der Waals surface area contributed by atoms with Crippen molar-refractivity contribution in [1.29, 1.82) is 37.1 Å². The van der Waals surface area contributed by atoms with Gasteiger partial charge >= 0.3 is 0 Å². The highest BCUT2D eigenvalue weighted by atomic mass is 79.9. The molecular formula is C66H73Br3N12O7. The number of pyridine rings is 3. The lowest BCUT2D eigenvalue weighted by molar-refractivity contribution is 0.278. The number of benzene rings is 4. The summed E-state index contributed by atoms with van der Waals surface area (Å²) in [4.78, 5) is 11.6. The van der Waals surface area contributed by atoms with Gasteiger partial charge < -0.3 is 45.4 Å². The number of hydrogen-bond acceptors (Lipinski definition) is 17. The van der Waals surface area contributed by atoms with Crippen LogP contribution in [0.5, 0.6) is 40.2 Å². The van der Waals surface area contributed by atoms with Crippen molar-refractivity contribution >= 4 is 59.5 Å². The molecule has 0 spiro atoms. The van der Waals surface area contributed by atoms with Gasteiger partial charge in [-0.1, -0.05) is 84.5 Å². The summed E-state index contributed by atoms with van der Waals surface area (Å²) in [6, 6.07) is 47.4. The van der Waals surface area contributed by atoms with Crippen LogP contribution in [0.25, 0.3) is 0 Å². The number of nitrogens with one attached hydrogen (secondary N) is 2. The Morgan fingerprint density at radius 1 is 0.386 bits per heavy atom. The normalized spacial score (nSPS) is 9.52. The van der Waals surface area contributed by atoms with Crippen LogP contribution in [0.3, 0.4) is 0 Å². The van der Waals surface area contributed by atoms with Gasteiger partial charge in [-0.15, -0.1) is 0 Å². The van der Waals surface area contributed by atoms with Crippen LogP contribution in [0.15, 0.2) is 152 Å². The van der Waals surface area contributed by atoms with Crippen LogP contribution in [-0.2, 0) is 0 Å². The van der Waals surface area contributed by atoms with Crippen LogP contribution in [0.4, 0.5) is 0 Å². The quantitative estimate of drug-likeness (QED) is 0.0115. The number of phenolic OH excluding ortho intramolecular Hbond substituents is 1. The second-order valence-electron chi connectivity index (χ2n) is 18.2. The fraction of sp³-hybridized carbons (Fsp3) is 0.303. The van der Waals surface area contributed by atoms with E-state index in [1.165, 1.54) is 62.6 Å². The summed E-state index contributed by atoms with van der Waals surface area (Å²) in [5.74, 6) is 3.77. The Morgan fingerprint density at radius 3 is 1.14 bits per heavy atom. The van der Waals surface area contributed by atoms with Crippen LogP contribution in [-0.4, -0.2) is 85.9 Å². The topological polar surface area (TPSA) is 344 Å². The number of aromatic nitrogens is 3. The molecular weight excluding hydrogens is 1310 g/mol. The molecule has 0 amide bonds. The minimum absolute atomic E-state index is 0.0356. The lowest BCUT2D eigenvalue weighted by Crippen LogP contribution is -2.12. The minimum atomic E-state index is -0.0552. The second-order valence-corrected chi connectivity index (χ2v) is 20.6. The number of nitrogens with two attached hydrogens (primary N) is 2. The standard InChI is InChI=1S/C18H23N5O2.C18H17N3O2.C12H14BrNO.C7H5NO.C6H4N2O.C5H10Br2/c19-17(20)13-5-4-6-14(11-13)24-9-2-1-3-10-25-15-7-8-16(18(21)22)23-12-15;19-12-15-5-4-6-17(11-15)22-9-2-1-3-10-23-18-8-7-16(13-20)21-14-18;13-7-2-1-3-8-15-12-6-4-5-11(9-12)10-14;8-5-6-2-1-3-7(9)4-6;7-3-5-1-2-6(9)4-8-5;6-4-2-1-3-5-7/h4-8,11-12H,1-3,9-10H2,(H3,19,20)(H3,21,22);4-8,11,14H,1-3,9-10H2;4-6,9H,1-3,7-8H2;1-4,9H;1-2,4,9H;1-5H2. The van der Waals surface area contributed by atoms with E-state index in [2.05, 4.69) is 74.9 Å². The summed E-state index contributed by atoms with van der Waals surface area (Å²) in [6.07, 6.45) is 17.4. The maximum absolute atomic E-state index is 8.81. The summed E-state index contributed by atoms with van der Waals surface area (Å²) in [6.45, 7) is 3.16. The Bertz CT molecular complexity index is 3290. The Hall–Kier alpha value is -9.24. The van der Waals surface area contributed by atoms with Gasteiger partial charge in [0.25, 0.3) is 0 Å². The van der Waals surface area contributed by atoms with Gasteiger partial charge in [-0.3, -0.25) is 10.8 Å². The maximum atomic E-state index is 8.81. The molecule has 0 radical (unpaired) electrons. The average Bonchev–Trinajstić information content (AvgIpc) is 3.75. The molecule has 460 valence electrons. The summed E-state index contributed by atoms with van der Waals surface area (Å²) >= 11 is 10.1. The van der Waals surface area contributed by atoms with Crippen molar-refractivity contribution in [3.05, 3.63) is 191 Å². The van der Waals surface area contributed by atoms with Crippen LogP contribution < -0.4 is 35.2 Å². The van der Waals surface area contributed by atoms with Gasteiger partial charge in [-0.05, 0) is 174 Å². The van der Waals surface area contributed by atoms with Gasteiger partial charge in [0.15, 0.2) is 0 Å². The zero-order valence-electron chi connectivity index (χ0n) is 48.9. The van der Waals surface area contributed by atoms with E-state index in [4.69, 9.17) is 82.5 Å². The van der Waals surface area contributed by atoms with E-state index in [0.29, 0.717) is 77.3 Å². The number of halogens is 3. The van der Waals surface area contributed by atoms with Crippen molar-refractivity contribution in [1.82, 2.24) is 15.0 Å². The van der Waals surface area contributed by atoms with Crippen LogP contribution in [0.2, 0.25) is 0 Å². The summed E-state index contributed by atoms with van der Waals surface area (Å²) in [5.41, 5.74) is 14.3. The van der Waals surface area contributed by atoms with E-state index in [1.54, 1.807) is 85.2 Å². The molecule has 0 unspecified atom stereocenters. The number of nitriles is 5. The molecule has 0 aliphatic heterocycles. The number of alkyl halides is 3. The SMILES string of the molecule is BrCCCCCBr.N#Cc1ccc(O)cn1.N#Cc1cccc(O)c1.N#Cc1cccc(OCCCCCBr)c1.N#Cc1cccc(OCCCCCOc2ccc(C#N)nc2)c1.N=C(N)c1cccc(OCCCCCOc2ccc(C(=N)N)nc2)c1. The van der Waals surface area contributed by atoms with E-state index < -0.39 is 0 Å². The summed E-state index contributed by atoms with van der Waals surface area (Å²) in [7, 11) is 0. The number of nitrogen functional groups attached to an aromatic ring is 2. The first kappa shape index (κ1) is 74.9. The predicted octanol–water partition coefficient (Wildman–Crippen LogP) is 14.1. The van der Waals surface area contributed by atoms with Gasteiger partial charge in [-0.25, -0.2) is 15.0 Å². The first-order chi connectivity index (χ1) is 42.8. The molecule has 0 bridgehead atoms. The van der Waals surface area contributed by atoms with Crippen LogP contribution >= 0.6 is 47.8 Å². The van der Waals surface area contributed by atoms with Gasteiger partial charge in [-0.2, -0.15) is 26.3 Å². The molecule has 7 aromatic rings. The van der Waals surface area contributed by atoms with Crippen molar-refractivity contribution in [2.24, 2.45) is 11.5 Å². The molecule has 4 aromatic carbocycles. The number of amidine groups is 2. The van der Waals surface area contributed by atoms with E-state index in [9.17, 15) is 0 Å². The van der Waals surface area contributed by atoms with Gasteiger partial charge in [0.1, 0.15) is 81.1 Å². The molecule has 8 N–H and O–H groups in total. The number of phenols is 1. The molecule has 0 saturated heterocycles. The fourth-order valence-corrected chi connectivity index (χ4v) is 7.89. The summed E-state index contributed by atoms with van der Waals surface area (Å²) < 4.78 is 27.9. The molecule has 3 heterocycles. The number of ether oxygens (including phenoxy) is 5. The third-order valence-electron chi connectivity index (χ3n) is 11.2. The molecule has 0 atom stereocenters. The van der Waals surface area contributed by atoms with Crippen molar-refractivity contribution in [2.45, 2.75) is 77.0 Å². The van der Waals surface area contributed by atoms with Crippen molar-refractivity contribution in [3.8, 4) is 70.6 Å². The zero-order valence-corrected chi connectivity index (χ0v) is 53.6. The Balaban J connectivity index is 0.000000383. The molecule has 0 aliphatic carbocycles. The van der Waals surface area contributed by atoms with Gasteiger partial charge in [0, 0.05) is 21.6 Å². The highest BCUT2D eigenvalue weighted by Gasteiger charge is 2.03. The first-order valence-corrected chi connectivity index (χ1v) is 31.4. The highest BCUT2D eigenvalue weighted by Crippen LogP contribution is 2.17. The van der Waals surface area contributed by atoms with Crippen LogP contribution in [0.1, 0.15) is 116 Å². The van der Waals surface area contributed by atoms with E-state index >= 15 is 0 Å². The Morgan fingerprint density at radius 2 is 0.773 bits per heavy atom. The van der Waals surface area contributed by atoms with E-state index in [1.807, 2.05) is 54.6 Å². The number of rotatable bonds is 28. The highest BCUT2D eigenvalue weighted by molar-refractivity contribution is 9.09. The molecule has 22 heteroatoms. The van der Waals surface area contributed by atoms with Crippen LogP contribution in [0, 0.1) is 67.5 Å². The first-order valence-electron chi connectivity index (χ1n) is 28.0. The number of unbranched alkanes of at least 4 members (excludes halogenated alkanes) is 8. The van der Waals surface area contributed by atoms with Crippen molar-refractivity contribution in [2.75, 3.05) is 49.0 Å². The molecule has 0 fully saturated rings. The lowest BCUT2D eigenvalue weighted by atomic mass is 10.2. The summed E-state index contributed by atoms with van der Waals surface area (Å²) in [5, 5.41) is 78.2. The van der Waals surface area contributed by atoms with E-state index in [0.717, 1.165) is 84.8 Å². The minimum Gasteiger partial charge on any atom is -0.508 e. The third kappa shape index (κ3) is 36.6. The monoisotopic (exact) mass is 1380 g/mol. The molecule has 0 saturated carbocycles. The van der Waals surface area contributed by atoms with E-state index in [-0.39, 0.29) is 23.2 Å². The second kappa shape index (κ2) is 48.9. The Kier molecular flexibility index (Phi) is 41.6. The maximum Gasteiger partial charge on any atom is 0.141 e. The molecule has 7 rings (SSSR count). The smallest absolute Gasteiger partial charge is 0.141 e. The Labute approximate surface area is 541 Å². The van der Waals surface area contributed by atoms with Gasteiger partial charge in [0.2, 0.25) is 0 Å². The third-order valence-corrected chi connectivity index (χ3v) is 12.9. The molecule has 3 aromatic heterocycles. The lowest BCUT2D eigenvalue weighted by Gasteiger charge is -2.08. The largest absolute Gasteiger partial charge is 0.508 e. The van der Waals surface area contributed by atoms with Gasteiger partial charge in [0.05, 0.1) is 86.5 Å². The average molecular weight is 1390 g/mol. The molecule has 0 aliphatic rings. The molecule has 88 heavy (non-hydrogen) atoms. The van der Waals surface area contributed by atoms with Crippen molar-refractivity contribution < 1.29 is 33.9 Å². The number of hydrogen-bond donors (Lipinski definition) is 6. The number of aromatic hydroxyl groups is 2. The zero-order chi connectivity index (χ0) is 64.2. The fourth-order valence-electron chi connectivity index (χ4n) is 6.70. The van der Waals surface area contributed by atoms with Crippen molar-refractivity contribution in [3.63, 3.8) is 0 Å². The predicted molar refractivity (Wildman–Crippen MR) is 352 cm³/mol. The number of nitrogens with zero attached hydrogens (tertiary/aromatic N) is 8.